The van der Waals surface area contributed by atoms with Crippen molar-refractivity contribution in [2.45, 2.75) is 13.3 Å². The normalized spacial score (nSPS) is 9.60. The summed E-state index contributed by atoms with van der Waals surface area (Å²) in [5.74, 6) is 3.05. The smallest absolute Gasteiger partial charge is 0.119 e. The van der Waals surface area contributed by atoms with E-state index in [4.69, 9.17) is 10.00 Å². The molecule has 0 radical (unpaired) electrons. The average Bonchev–Trinajstić information content (AvgIpc) is 2.30. The third-order valence-corrected chi connectivity index (χ3v) is 2.98. The van der Waals surface area contributed by atoms with Crippen molar-refractivity contribution in [3.05, 3.63) is 29.8 Å². The largest absolute Gasteiger partial charge is 0.493 e. The van der Waals surface area contributed by atoms with Gasteiger partial charge >= 0.3 is 0 Å². The van der Waals surface area contributed by atoms with Crippen LogP contribution < -0.4 is 4.74 Å². The molecule has 0 saturated carbocycles. The second-order valence-corrected chi connectivity index (χ2v) is 4.32. The van der Waals surface area contributed by atoms with Gasteiger partial charge in [0.1, 0.15) is 5.75 Å². The molecule has 0 aliphatic heterocycles. The SMILES string of the molecule is CCCSCCOc1ccc(C#N)cc1. The third kappa shape index (κ3) is 4.75. The molecule has 0 bridgehead atoms. The van der Waals surface area contributed by atoms with E-state index < -0.39 is 0 Å². The van der Waals surface area contributed by atoms with Gasteiger partial charge in [-0.15, -0.1) is 0 Å². The van der Waals surface area contributed by atoms with Gasteiger partial charge in [0.25, 0.3) is 0 Å². The summed E-state index contributed by atoms with van der Waals surface area (Å²) in [4.78, 5) is 0. The zero-order valence-corrected chi connectivity index (χ0v) is 9.72. The van der Waals surface area contributed by atoms with Gasteiger partial charge in [-0.25, -0.2) is 0 Å². The zero-order valence-electron chi connectivity index (χ0n) is 8.90. The van der Waals surface area contributed by atoms with Gasteiger partial charge in [-0.1, -0.05) is 6.92 Å². The van der Waals surface area contributed by atoms with E-state index in [9.17, 15) is 0 Å². The number of ether oxygens (including phenoxy) is 1. The van der Waals surface area contributed by atoms with Crippen LogP contribution >= 0.6 is 11.8 Å². The van der Waals surface area contributed by atoms with Crippen molar-refractivity contribution in [1.29, 1.82) is 5.26 Å². The van der Waals surface area contributed by atoms with E-state index in [1.807, 2.05) is 23.9 Å². The Hall–Kier alpha value is -1.14. The maximum absolute atomic E-state index is 8.61. The highest BCUT2D eigenvalue weighted by Crippen LogP contribution is 2.12. The van der Waals surface area contributed by atoms with Crippen LogP contribution in [0.15, 0.2) is 24.3 Å². The molecule has 0 atom stereocenters. The van der Waals surface area contributed by atoms with E-state index in [-0.39, 0.29) is 0 Å². The van der Waals surface area contributed by atoms with Crippen LogP contribution in [0.25, 0.3) is 0 Å². The van der Waals surface area contributed by atoms with E-state index >= 15 is 0 Å². The summed E-state index contributed by atoms with van der Waals surface area (Å²) in [7, 11) is 0. The molecule has 1 rings (SSSR count). The number of hydrogen-bond acceptors (Lipinski definition) is 3. The average molecular weight is 221 g/mol. The van der Waals surface area contributed by atoms with Crippen LogP contribution in [-0.2, 0) is 0 Å². The molecular formula is C12H15NOS. The molecule has 0 spiro atoms. The minimum atomic E-state index is 0.669. The Bertz CT molecular complexity index is 315. The molecule has 0 saturated heterocycles. The standard InChI is InChI=1S/C12H15NOS/c1-2-8-15-9-7-14-12-5-3-11(10-13)4-6-12/h3-6H,2,7-9H2,1H3. The predicted octanol–water partition coefficient (Wildman–Crippen LogP) is 3.08. The zero-order chi connectivity index (χ0) is 10.9. The molecule has 1 aromatic carbocycles. The van der Waals surface area contributed by atoms with Crippen LogP contribution in [0, 0.1) is 11.3 Å². The molecule has 0 heterocycles. The van der Waals surface area contributed by atoms with Crippen LogP contribution in [0.2, 0.25) is 0 Å². The first-order valence-corrected chi connectivity index (χ1v) is 6.23. The van der Waals surface area contributed by atoms with Crippen LogP contribution in [0.4, 0.5) is 0 Å². The Morgan fingerprint density at radius 1 is 1.27 bits per heavy atom. The Morgan fingerprint density at radius 2 is 2.00 bits per heavy atom. The highest BCUT2D eigenvalue weighted by molar-refractivity contribution is 7.99. The monoisotopic (exact) mass is 221 g/mol. The molecule has 0 unspecified atom stereocenters. The van der Waals surface area contributed by atoms with Crippen LogP contribution in [0.3, 0.4) is 0 Å². The maximum Gasteiger partial charge on any atom is 0.119 e. The van der Waals surface area contributed by atoms with Gasteiger partial charge < -0.3 is 4.74 Å². The number of hydrogen-bond donors (Lipinski definition) is 0. The van der Waals surface area contributed by atoms with E-state index in [2.05, 4.69) is 13.0 Å². The fourth-order valence-electron chi connectivity index (χ4n) is 1.09. The molecule has 0 aliphatic carbocycles. The lowest BCUT2D eigenvalue weighted by molar-refractivity contribution is 0.344. The minimum Gasteiger partial charge on any atom is -0.493 e. The molecule has 0 amide bonds. The predicted molar refractivity (Wildman–Crippen MR) is 64.3 cm³/mol. The van der Waals surface area contributed by atoms with Gasteiger partial charge in [0.2, 0.25) is 0 Å². The summed E-state index contributed by atoms with van der Waals surface area (Å²) in [5, 5.41) is 8.61. The van der Waals surface area contributed by atoms with Crippen molar-refractivity contribution in [3.63, 3.8) is 0 Å². The van der Waals surface area contributed by atoms with E-state index in [1.54, 1.807) is 12.1 Å². The molecular weight excluding hydrogens is 206 g/mol. The van der Waals surface area contributed by atoms with Crippen LogP contribution in [0.5, 0.6) is 5.75 Å². The van der Waals surface area contributed by atoms with Crippen molar-refractivity contribution in [2.24, 2.45) is 0 Å². The second-order valence-electron chi connectivity index (χ2n) is 3.10. The molecule has 2 nitrogen and oxygen atoms in total. The Balaban J connectivity index is 2.23. The van der Waals surface area contributed by atoms with Gasteiger partial charge in [-0.3, -0.25) is 0 Å². The van der Waals surface area contributed by atoms with E-state index in [1.165, 1.54) is 12.2 Å². The Kier molecular flexibility index (Phi) is 5.72. The summed E-state index contributed by atoms with van der Waals surface area (Å²) < 4.78 is 5.52. The Labute approximate surface area is 95.3 Å². The molecule has 0 fully saturated rings. The summed E-state index contributed by atoms with van der Waals surface area (Å²) in [6, 6.07) is 9.30. The van der Waals surface area contributed by atoms with E-state index in [0.29, 0.717) is 5.56 Å². The number of nitrogens with zero attached hydrogens (tertiary/aromatic N) is 1. The first-order chi connectivity index (χ1) is 7.36. The third-order valence-electron chi connectivity index (χ3n) is 1.83. The molecule has 3 heteroatoms. The lowest BCUT2D eigenvalue weighted by atomic mass is 10.2. The van der Waals surface area contributed by atoms with Crippen LogP contribution in [-0.4, -0.2) is 18.1 Å². The van der Waals surface area contributed by atoms with Gasteiger partial charge in [-0.05, 0) is 36.4 Å². The van der Waals surface area contributed by atoms with Crippen molar-refractivity contribution in [1.82, 2.24) is 0 Å². The molecule has 0 aromatic heterocycles. The molecule has 15 heavy (non-hydrogen) atoms. The summed E-state index contributed by atoms with van der Waals surface area (Å²) in [6.45, 7) is 2.91. The summed E-state index contributed by atoms with van der Waals surface area (Å²) in [5.41, 5.74) is 0.669. The number of nitriles is 1. The maximum atomic E-state index is 8.61. The number of thioether (sulfide) groups is 1. The number of benzene rings is 1. The van der Waals surface area contributed by atoms with Crippen molar-refractivity contribution >= 4 is 11.8 Å². The molecule has 0 N–H and O–H groups in total. The second kappa shape index (κ2) is 7.19. The van der Waals surface area contributed by atoms with Crippen LogP contribution in [0.1, 0.15) is 18.9 Å². The summed E-state index contributed by atoms with van der Waals surface area (Å²) in [6.07, 6.45) is 1.21. The van der Waals surface area contributed by atoms with E-state index in [0.717, 1.165) is 18.1 Å². The quantitative estimate of drug-likeness (QED) is 0.692. The highest BCUT2D eigenvalue weighted by atomic mass is 32.2. The van der Waals surface area contributed by atoms with Gasteiger partial charge in [0, 0.05) is 5.75 Å². The van der Waals surface area contributed by atoms with Gasteiger partial charge in [0.05, 0.1) is 18.2 Å². The first kappa shape index (κ1) is 11.9. The fraction of sp³-hybridized carbons (Fsp3) is 0.417. The lowest BCUT2D eigenvalue weighted by Gasteiger charge is -2.05. The fourth-order valence-corrected chi connectivity index (χ4v) is 1.78. The van der Waals surface area contributed by atoms with Crippen molar-refractivity contribution in [3.8, 4) is 11.8 Å². The summed E-state index contributed by atoms with van der Waals surface area (Å²) >= 11 is 1.90. The van der Waals surface area contributed by atoms with Crippen molar-refractivity contribution < 1.29 is 4.74 Å². The van der Waals surface area contributed by atoms with Crippen molar-refractivity contribution in [2.75, 3.05) is 18.1 Å². The molecule has 0 aliphatic rings. The lowest BCUT2D eigenvalue weighted by Crippen LogP contribution is -2.00. The number of rotatable bonds is 6. The molecule has 80 valence electrons. The van der Waals surface area contributed by atoms with Gasteiger partial charge in [-0.2, -0.15) is 17.0 Å². The first-order valence-electron chi connectivity index (χ1n) is 5.07. The minimum absolute atomic E-state index is 0.669. The molecule has 1 aromatic rings. The topological polar surface area (TPSA) is 33.0 Å². The highest BCUT2D eigenvalue weighted by Gasteiger charge is 1.94. The van der Waals surface area contributed by atoms with Gasteiger partial charge in [0.15, 0.2) is 0 Å². The Morgan fingerprint density at radius 3 is 2.60 bits per heavy atom.